The summed E-state index contributed by atoms with van der Waals surface area (Å²) >= 11 is 0. The van der Waals surface area contributed by atoms with Gasteiger partial charge in [0, 0.05) is 19.1 Å². The first-order valence-electron chi connectivity index (χ1n) is 9.53. The van der Waals surface area contributed by atoms with Gasteiger partial charge in [-0.2, -0.15) is 0 Å². The topological polar surface area (TPSA) is 92.3 Å². The van der Waals surface area contributed by atoms with Gasteiger partial charge in [-0.25, -0.2) is 0 Å². The highest BCUT2D eigenvalue weighted by molar-refractivity contribution is 6.13. The zero-order valence-electron chi connectivity index (χ0n) is 15.9. The Kier molecular flexibility index (Phi) is 4.31. The number of anilines is 1. The summed E-state index contributed by atoms with van der Waals surface area (Å²) in [5.74, 6) is -1.41. The number of carbonyl (C=O) groups excluding carboxylic acids is 3. The molecule has 4 atom stereocenters. The molecule has 3 heterocycles. The van der Waals surface area contributed by atoms with Crippen molar-refractivity contribution in [3.8, 4) is 0 Å². The van der Waals surface area contributed by atoms with E-state index in [1.165, 1.54) is 4.90 Å². The third kappa shape index (κ3) is 2.45. The maximum absolute atomic E-state index is 13.3. The van der Waals surface area contributed by atoms with Crippen molar-refractivity contribution in [3.63, 3.8) is 0 Å². The average molecular weight is 372 g/mol. The van der Waals surface area contributed by atoms with Gasteiger partial charge in [-0.1, -0.05) is 32.0 Å². The molecular formula is C20H26N3O4+. The number of fused-ring (bicyclic) bond motifs is 4. The number of imide groups is 1. The van der Waals surface area contributed by atoms with Crippen molar-refractivity contribution in [2.24, 2.45) is 17.8 Å². The minimum atomic E-state index is -1.06. The van der Waals surface area contributed by atoms with Gasteiger partial charge in [0.15, 0.2) is 0 Å². The van der Waals surface area contributed by atoms with Crippen LogP contribution in [0.15, 0.2) is 24.3 Å². The standard InChI is InChI=1S/C20H25N3O4/c1-11(2)10-14-15-16(18(25)23(17(15)24)8-9-27-3)20(22-14)12-6-4-5-7-13(12)21-19(20)26/h4-7,11,14-16,22H,8-10H2,1-3H3,(H,21,26)/p+1/t14-,15-,16+,20+/m1/s1. The normalized spacial score (nSPS) is 31.8. The van der Waals surface area contributed by atoms with E-state index in [1.54, 1.807) is 7.11 Å². The summed E-state index contributed by atoms with van der Waals surface area (Å²) in [6.07, 6.45) is 0.773. The van der Waals surface area contributed by atoms with Crippen molar-refractivity contribution in [2.45, 2.75) is 31.8 Å². The lowest BCUT2D eigenvalue weighted by Gasteiger charge is -2.26. The third-order valence-corrected chi connectivity index (χ3v) is 6.13. The Hall–Kier alpha value is -2.25. The Morgan fingerprint density at radius 2 is 1.96 bits per heavy atom. The number of carbonyl (C=O) groups is 3. The zero-order valence-corrected chi connectivity index (χ0v) is 15.9. The molecule has 3 aliphatic rings. The summed E-state index contributed by atoms with van der Waals surface area (Å²) in [6, 6.07) is 7.39. The van der Waals surface area contributed by atoms with Gasteiger partial charge in [-0.15, -0.1) is 0 Å². The maximum Gasteiger partial charge on any atom is 0.291 e. The molecule has 144 valence electrons. The molecule has 1 aromatic rings. The molecule has 3 amide bonds. The highest BCUT2D eigenvalue weighted by atomic mass is 16.5. The van der Waals surface area contributed by atoms with Gasteiger partial charge >= 0.3 is 0 Å². The van der Waals surface area contributed by atoms with Crippen LogP contribution in [-0.4, -0.2) is 48.9 Å². The van der Waals surface area contributed by atoms with Gasteiger partial charge in [0.1, 0.15) is 17.9 Å². The van der Waals surface area contributed by atoms with Crippen LogP contribution in [0.4, 0.5) is 5.69 Å². The quantitative estimate of drug-likeness (QED) is 0.716. The second-order valence-electron chi connectivity index (χ2n) is 8.15. The average Bonchev–Trinajstić information content (AvgIpc) is 3.19. The predicted octanol–water partition coefficient (Wildman–Crippen LogP) is 0.0733. The van der Waals surface area contributed by atoms with E-state index in [0.29, 0.717) is 12.5 Å². The number of hydrogen-bond acceptors (Lipinski definition) is 4. The van der Waals surface area contributed by atoms with Crippen LogP contribution in [0.2, 0.25) is 0 Å². The summed E-state index contributed by atoms with van der Waals surface area (Å²) in [5, 5.41) is 4.93. The van der Waals surface area contributed by atoms with Gasteiger partial charge < -0.3 is 15.4 Å². The molecule has 7 heteroatoms. The fourth-order valence-corrected chi connectivity index (χ4v) is 5.14. The SMILES string of the molecule is COCCN1C(=O)[C@H]2[C@@H](C1=O)[C@]1([NH2+][C@@H]2CC(C)C)C(=O)Nc2ccccc21. The molecular weight excluding hydrogens is 346 g/mol. The third-order valence-electron chi connectivity index (χ3n) is 6.13. The van der Waals surface area contributed by atoms with Crippen LogP contribution >= 0.6 is 0 Å². The number of methoxy groups -OCH3 is 1. The number of para-hydroxylation sites is 1. The van der Waals surface area contributed by atoms with E-state index in [4.69, 9.17) is 4.74 Å². The Balaban J connectivity index is 1.82. The van der Waals surface area contributed by atoms with Gasteiger partial charge in [-0.05, 0) is 12.0 Å². The van der Waals surface area contributed by atoms with Gasteiger partial charge in [0.2, 0.25) is 17.4 Å². The van der Waals surface area contributed by atoms with Crippen molar-refractivity contribution in [2.75, 3.05) is 25.6 Å². The highest BCUT2D eigenvalue weighted by Crippen LogP contribution is 2.49. The number of nitrogens with one attached hydrogen (secondary N) is 1. The van der Waals surface area contributed by atoms with Crippen LogP contribution in [0.1, 0.15) is 25.8 Å². The molecule has 0 unspecified atom stereocenters. The molecule has 2 fully saturated rings. The molecule has 4 rings (SSSR count). The minimum Gasteiger partial charge on any atom is -0.383 e. The molecule has 1 spiro atoms. The number of ether oxygens (including phenoxy) is 1. The van der Waals surface area contributed by atoms with Crippen LogP contribution in [0.3, 0.4) is 0 Å². The molecule has 0 radical (unpaired) electrons. The molecule has 0 bridgehead atoms. The fraction of sp³-hybridized carbons (Fsp3) is 0.550. The van der Waals surface area contributed by atoms with Gasteiger partial charge in [-0.3, -0.25) is 19.3 Å². The summed E-state index contributed by atoms with van der Waals surface area (Å²) in [6.45, 7) is 4.72. The van der Waals surface area contributed by atoms with Crippen molar-refractivity contribution in [1.29, 1.82) is 0 Å². The molecule has 2 saturated heterocycles. The van der Waals surface area contributed by atoms with Crippen molar-refractivity contribution < 1.29 is 24.4 Å². The first kappa shape index (κ1) is 18.1. The molecule has 1 aromatic carbocycles. The Bertz CT molecular complexity index is 808. The summed E-state index contributed by atoms with van der Waals surface area (Å²) in [4.78, 5) is 40.9. The van der Waals surface area contributed by atoms with E-state index < -0.39 is 17.4 Å². The van der Waals surface area contributed by atoms with Crippen LogP contribution in [0.5, 0.6) is 0 Å². The number of nitrogens with two attached hydrogens (primary N) is 1. The van der Waals surface area contributed by atoms with Crippen molar-refractivity contribution in [3.05, 3.63) is 29.8 Å². The van der Waals surface area contributed by atoms with E-state index in [-0.39, 0.29) is 30.3 Å². The lowest BCUT2D eigenvalue weighted by Crippen LogP contribution is -2.99. The van der Waals surface area contributed by atoms with E-state index in [9.17, 15) is 14.4 Å². The predicted molar refractivity (Wildman–Crippen MR) is 97.5 cm³/mol. The summed E-state index contributed by atoms with van der Waals surface area (Å²) in [7, 11) is 1.54. The number of rotatable bonds is 5. The van der Waals surface area contributed by atoms with E-state index in [1.807, 2.05) is 29.6 Å². The molecule has 3 aliphatic heterocycles. The van der Waals surface area contributed by atoms with Crippen molar-refractivity contribution in [1.82, 2.24) is 4.90 Å². The number of hydrogen-bond donors (Lipinski definition) is 2. The second-order valence-corrected chi connectivity index (χ2v) is 8.15. The first-order valence-corrected chi connectivity index (χ1v) is 9.53. The summed E-state index contributed by atoms with van der Waals surface area (Å²) in [5.41, 5.74) is 0.485. The zero-order chi connectivity index (χ0) is 19.3. The molecule has 7 nitrogen and oxygen atoms in total. The lowest BCUT2D eigenvalue weighted by atomic mass is 9.76. The number of nitrogens with zero attached hydrogens (tertiary/aromatic N) is 1. The van der Waals surface area contributed by atoms with E-state index in [2.05, 4.69) is 19.2 Å². The number of amides is 3. The minimum absolute atomic E-state index is 0.101. The number of benzene rings is 1. The Labute approximate surface area is 158 Å². The lowest BCUT2D eigenvalue weighted by molar-refractivity contribution is -0.734. The highest BCUT2D eigenvalue weighted by Gasteiger charge is 2.73. The number of quaternary nitrogens is 1. The molecule has 27 heavy (non-hydrogen) atoms. The van der Waals surface area contributed by atoms with E-state index in [0.717, 1.165) is 17.7 Å². The van der Waals surface area contributed by atoms with Crippen LogP contribution in [-0.2, 0) is 24.7 Å². The number of likely N-dealkylation sites (tertiary alicyclic amines) is 1. The van der Waals surface area contributed by atoms with Crippen LogP contribution in [0, 0.1) is 17.8 Å². The molecule has 0 aliphatic carbocycles. The van der Waals surface area contributed by atoms with E-state index >= 15 is 0 Å². The Morgan fingerprint density at radius 3 is 2.67 bits per heavy atom. The second kappa shape index (κ2) is 6.42. The molecule has 0 saturated carbocycles. The smallest absolute Gasteiger partial charge is 0.291 e. The summed E-state index contributed by atoms with van der Waals surface area (Å²) < 4.78 is 5.08. The fourth-order valence-electron chi connectivity index (χ4n) is 5.14. The monoisotopic (exact) mass is 372 g/mol. The van der Waals surface area contributed by atoms with Crippen LogP contribution < -0.4 is 10.6 Å². The van der Waals surface area contributed by atoms with Gasteiger partial charge in [0.05, 0.1) is 18.8 Å². The molecule has 3 N–H and O–H groups in total. The van der Waals surface area contributed by atoms with Crippen molar-refractivity contribution >= 4 is 23.4 Å². The first-order chi connectivity index (χ1) is 12.9. The van der Waals surface area contributed by atoms with Gasteiger partial charge in [0.25, 0.3) is 5.91 Å². The maximum atomic E-state index is 13.3. The van der Waals surface area contributed by atoms with Crippen LogP contribution in [0.25, 0.3) is 0 Å². The largest absolute Gasteiger partial charge is 0.383 e. The molecule has 0 aromatic heterocycles. The Morgan fingerprint density at radius 1 is 1.22 bits per heavy atom.